The summed E-state index contributed by atoms with van der Waals surface area (Å²) in [5.41, 5.74) is 16.3. The van der Waals surface area contributed by atoms with E-state index in [-0.39, 0.29) is 0 Å². The fourth-order valence-electron chi connectivity index (χ4n) is 8.55. The Morgan fingerprint density at radius 3 is 1.24 bits per heavy atom. The van der Waals surface area contributed by atoms with E-state index in [2.05, 4.69) is 177 Å². The summed E-state index contributed by atoms with van der Waals surface area (Å²) in [6.45, 7) is 18.6. The highest BCUT2D eigenvalue weighted by Gasteiger charge is 2.24. The van der Waals surface area contributed by atoms with E-state index >= 15 is 0 Å². The molecule has 0 atom stereocenters. The highest BCUT2D eigenvalue weighted by atomic mass is 14.3. The zero-order chi connectivity index (χ0) is 34.8. The van der Waals surface area contributed by atoms with Crippen molar-refractivity contribution in [2.75, 3.05) is 0 Å². The van der Waals surface area contributed by atoms with Gasteiger partial charge in [0.2, 0.25) is 0 Å². The lowest BCUT2D eigenvalue weighted by molar-refractivity contribution is 0.835. The molecule has 0 heterocycles. The van der Waals surface area contributed by atoms with Crippen LogP contribution in [0.1, 0.15) is 72.9 Å². The van der Waals surface area contributed by atoms with Gasteiger partial charge in [-0.3, -0.25) is 0 Å². The van der Waals surface area contributed by atoms with Gasteiger partial charge in [-0.15, -0.1) is 0 Å². The summed E-state index contributed by atoms with van der Waals surface area (Å²) in [6, 6.07) is 45.7. The standard InChI is InChI=1S/C50H46/c1-29(2)36-25-37(30(3)4)27-38(26-36)49-42-21-13-15-23-44(42)50(45-24-16-14-22-43(45)49)48-33(7)31(5)47(32(6)34(48)8)46-28-35-17-9-10-18-39(35)40-19-11-12-20-41(40)46/h9-30H,1-8H3. The maximum absolute atomic E-state index is 2.44. The molecular formula is C50H46. The highest BCUT2D eigenvalue weighted by Crippen LogP contribution is 2.49. The summed E-state index contributed by atoms with van der Waals surface area (Å²) < 4.78 is 0. The maximum Gasteiger partial charge on any atom is -0.00208 e. The summed E-state index contributed by atoms with van der Waals surface area (Å²) in [7, 11) is 0. The van der Waals surface area contributed by atoms with Gasteiger partial charge in [0.1, 0.15) is 0 Å². The molecule has 50 heavy (non-hydrogen) atoms. The van der Waals surface area contributed by atoms with Gasteiger partial charge in [-0.2, -0.15) is 0 Å². The molecule has 0 radical (unpaired) electrons. The number of hydrogen-bond acceptors (Lipinski definition) is 0. The molecule has 0 heteroatoms. The molecule has 0 aliphatic rings. The second-order valence-electron chi connectivity index (χ2n) is 15.0. The molecule has 0 spiro atoms. The van der Waals surface area contributed by atoms with Gasteiger partial charge in [0, 0.05) is 0 Å². The van der Waals surface area contributed by atoms with E-state index in [0.717, 1.165) is 0 Å². The van der Waals surface area contributed by atoms with Gasteiger partial charge in [0.15, 0.2) is 0 Å². The van der Waals surface area contributed by atoms with Gasteiger partial charge >= 0.3 is 0 Å². The first-order valence-electron chi connectivity index (χ1n) is 18.3. The highest BCUT2D eigenvalue weighted by molar-refractivity contribution is 6.22. The molecule has 0 nitrogen and oxygen atoms in total. The third kappa shape index (κ3) is 4.96. The molecular weight excluding hydrogens is 601 g/mol. The van der Waals surface area contributed by atoms with E-state index in [4.69, 9.17) is 0 Å². The minimum atomic E-state index is 0.457. The molecule has 0 aliphatic carbocycles. The predicted octanol–water partition coefficient (Wildman–Crippen LogP) is 14.8. The van der Waals surface area contributed by atoms with Crippen LogP contribution in [-0.2, 0) is 0 Å². The van der Waals surface area contributed by atoms with Crippen molar-refractivity contribution in [1.29, 1.82) is 0 Å². The number of benzene rings is 8. The van der Waals surface area contributed by atoms with Gasteiger partial charge in [-0.05, 0) is 155 Å². The number of rotatable bonds is 5. The molecule has 0 amide bonds. The van der Waals surface area contributed by atoms with E-state index in [1.807, 2.05) is 0 Å². The fourth-order valence-corrected chi connectivity index (χ4v) is 8.55. The van der Waals surface area contributed by atoms with Crippen LogP contribution in [0.5, 0.6) is 0 Å². The molecule has 246 valence electrons. The van der Waals surface area contributed by atoms with Crippen LogP contribution in [0.15, 0.2) is 121 Å². The zero-order valence-electron chi connectivity index (χ0n) is 30.7. The second-order valence-corrected chi connectivity index (χ2v) is 15.0. The van der Waals surface area contributed by atoms with Gasteiger partial charge in [0.25, 0.3) is 0 Å². The Balaban J connectivity index is 1.46. The largest absolute Gasteiger partial charge is 0.0616 e. The van der Waals surface area contributed by atoms with Gasteiger partial charge in [-0.25, -0.2) is 0 Å². The van der Waals surface area contributed by atoms with Crippen LogP contribution in [0.3, 0.4) is 0 Å². The van der Waals surface area contributed by atoms with Crippen LogP contribution in [0.4, 0.5) is 0 Å². The number of hydrogen-bond donors (Lipinski definition) is 0. The molecule has 8 aromatic carbocycles. The fraction of sp³-hybridized carbons (Fsp3) is 0.200. The Morgan fingerprint density at radius 1 is 0.340 bits per heavy atom. The van der Waals surface area contributed by atoms with Crippen LogP contribution in [0.2, 0.25) is 0 Å². The molecule has 0 aliphatic heterocycles. The Morgan fingerprint density at radius 2 is 0.740 bits per heavy atom. The summed E-state index contributed by atoms with van der Waals surface area (Å²) >= 11 is 0. The van der Waals surface area contributed by atoms with Crippen LogP contribution >= 0.6 is 0 Å². The molecule has 0 saturated heterocycles. The van der Waals surface area contributed by atoms with Gasteiger partial charge in [-0.1, -0.05) is 143 Å². The molecule has 8 aromatic rings. The lowest BCUT2D eigenvalue weighted by Crippen LogP contribution is -2.02. The van der Waals surface area contributed by atoms with E-state index in [1.165, 1.54) is 110 Å². The lowest BCUT2D eigenvalue weighted by atomic mass is 9.78. The van der Waals surface area contributed by atoms with Gasteiger partial charge < -0.3 is 0 Å². The van der Waals surface area contributed by atoms with E-state index in [9.17, 15) is 0 Å². The third-order valence-corrected chi connectivity index (χ3v) is 11.4. The van der Waals surface area contributed by atoms with Crippen molar-refractivity contribution < 1.29 is 0 Å². The first kappa shape index (κ1) is 32.0. The van der Waals surface area contributed by atoms with Crippen molar-refractivity contribution in [2.45, 2.75) is 67.2 Å². The Kier molecular flexibility index (Phi) is 7.87. The quantitative estimate of drug-likeness (QED) is 0.129. The molecule has 8 rings (SSSR count). The van der Waals surface area contributed by atoms with Crippen molar-refractivity contribution in [2.24, 2.45) is 0 Å². The van der Waals surface area contributed by atoms with Crippen molar-refractivity contribution in [3.05, 3.63) is 155 Å². The Bertz CT molecular complexity index is 2520. The zero-order valence-corrected chi connectivity index (χ0v) is 30.7. The monoisotopic (exact) mass is 646 g/mol. The first-order chi connectivity index (χ1) is 24.2. The topological polar surface area (TPSA) is 0 Å². The van der Waals surface area contributed by atoms with Crippen LogP contribution in [0.25, 0.3) is 76.5 Å². The Hall–Kier alpha value is -5.20. The summed E-state index contributed by atoms with van der Waals surface area (Å²) in [4.78, 5) is 0. The van der Waals surface area contributed by atoms with Crippen molar-refractivity contribution in [3.63, 3.8) is 0 Å². The van der Waals surface area contributed by atoms with E-state index in [1.54, 1.807) is 0 Å². The van der Waals surface area contributed by atoms with Crippen molar-refractivity contribution in [3.8, 4) is 33.4 Å². The molecule has 0 saturated carbocycles. The predicted molar refractivity (Wildman–Crippen MR) is 220 cm³/mol. The van der Waals surface area contributed by atoms with Crippen LogP contribution < -0.4 is 0 Å². The first-order valence-corrected chi connectivity index (χ1v) is 18.3. The molecule has 0 N–H and O–H groups in total. The summed E-state index contributed by atoms with van der Waals surface area (Å²) in [6.07, 6.45) is 0. The Labute approximate surface area is 297 Å². The molecule has 0 unspecified atom stereocenters. The van der Waals surface area contributed by atoms with Crippen molar-refractivity contribution >= 4 is 43.1 Å². The maximum atomic E-state index is 2.44. The third-order valence-electron chi connectivity index (χ3n) is 11.4. The van der Waals surface area contributed by atoms with E-state index in [0.29, 0.717) is 11.8 Å². The van der Waals surface area contributed by atoms with Crippen LogP contribution in [-0.4, -0.2) is 0 Å². The SMILES string of the molecule is Cc1c(C)c(-c2cc3ccccc3c3ccccc23)c(C)c(C)c1-c1c2ccccc2c(-c2cc(C(C)C)cc(C(C)C)c2)c2ccccc12. The average Bonchev–Trinajstić information content (AvgIpc) is 3.13. The number of fused-ring (bicyclic) bond motifs is 5. The van der Waals surface area contributed by atoms with Crippen molar-refractivity contribution in [1.82, 2.24) is 0 Å². The second kappa shape index (κ2) is 12.3. The normalized spacial score (nSPS) is 12.0. The molecule has 0 bridgehead atoms. The minimum Gasteiger partial charge on any atom is -0.0616 e. The minimum absolute atomic E-state index is 0.457. The average molecular weight is 647 g/mol. The molecule has 0 fully saturated rings. The lowest BCUT2D eigenvalue weighted by Gasteiger charge is -2.25. The van der Waals surface area contributed by atoms with E-state index < -0.39 is 0 Å². The molecule has 0 aromatic heterocycles. The van der Waals surface area contributed by atoms with Crippen LogP contribution in [0, 0.1) is 27.7 Å². The van der Waals surface area contributed by atoms with Gasteiger partial charge in [0.05, 0.1) is 0 Å². The smallest absolute Gasteiger partial charge is 0.00208 e. The summed E-state index contributed by atoms with van der Waals surface area (Å²) in [5.74, 6) is 0.914. The summed E-state index contributed by atoms with van der Waals surface area (Å²) in [5, 5.41) is 10.5.